The van der Waals surface area contributed by atoms with Crippen molar-refractivity contribution in [3.63, 3.8) is 0 Å². The van der Waals surface area contributed by atoms with Gasteiger partial charge >= 0.3 is 0 Å². The Bertz CT molecular complexity index is 439. The Kier molecular flexibility index (Phi) is 3.80. The SMILES string of the molecule is COC1(c2ncc3c(n2)CCNC3)CCCCCC1. The molecule has 1 fully saturated rings. The fourth-order valence-corrected chi connectivity index (χ4v) is 3.27. The van der Waals surface area contributed by atoms with Crippen LogP contribution in [0.25, 0.3) is 0 Å². The van der Waals surface area contributed by atoms with E-state index in [1.54, 1.807) is 0 Å². The molecule has 1 aliphatic heterocycles. The average Bonchev–Trinajstić information content (AvgIpc) is 2.73. The van der Waals surface area contributed by atoms with Crippen molar-refractivity contribution in [1.82, 2.24) is 15.3 Å². The number of hydrogen-bond donors (Lipinski definition) is 1. The maximum Gasteiger partial charge on any atom is 0.160 e. The Morgan fingerprint density at radius 2 is 2.00 bits per heavy atom. The highest BCUT2D eigenvalue weighted by molar-refractivity contribution is 5.22. The lowest BCUT2D eigenvalue weighted by atomic mass is 9.92. The molecule has 4 heteroatoms. The van der Waals surface area contributed by atoms with E-state index in [0.29, 0.717) is 0 Å². The summed E-state index contributed by atoms with van der Waals surface area (Å²) in [6.07, 6.45) is 10.2. The quantitative estimate of drug-likeness (QED) is 0.830. The fourth-order valence-electron chi connectivity index (χ4n) is 3.27. The van der Waals surface area contributed by atoms with Crippen LogP contribution in [-0.4, -0.2) is 23.6 Å². The highest BCUT2D eigenvalue weighted by atomic mass is 16.5. The first-order valence-corrected chi connectivity index (χ1v) is 7.45. The maximum absolute atomic E-state index is 5.90. The molecule has 4 nitrogen and oxygen atoms in total. The lowest BCUT2D eigenvalue weighted by Crippen LogP contribution is -2.32. The molecule has 3 rings (SSSR count). The molecule has 0 aromatic carbocycles. The molecule has 0 unspecified atom stereocenters. The van der Waals surface area contributed by atoms with Gasteiger partial charge in [0.1, 0.15) is 5.60 Å². The van der Waals surface area contributed by atoms with E-state index >= 15 is 0 Å². The lowest BCUT2D eigenvalue weighted by molar-refractivity contribution is -0.0353. The smallest absolute Gasteiger partial charge is 0.160 e. The van der Waals surface area contributed by atoms with Crippen LogP contribution in [-0.2, 0) is 23.3 Å². The number of ether oxygens (including phenoxy) is 1. The predicted octanol–water partition coefficient (Wildman–Crippen LogP) is 2.32. The van der Waals surface area contributed by atoms with E-state index in [1.807, 2.05) is 13.3 Å². The van der Waals surface area contributed by atoms with Crippen molar-refractivity contribution in [2.75, 3.05) is 13.7 Å². The van der Waals surface area contributed by atoms with Gasteiger partial charge in [0.25, 0.3) is 0 Å². The Morgan fingerprint density at radius 1 is 1.21 bits per heavy atom. The summed E-state index contributed by atoms with van der Waals surface area (Å²) in [6, 6.07) is 0. The first-order valence-electron chi connectivity index (χ1n) is 7.45. The maximum atomic E-state index is 5.90. The second kappa shape index (κ2) is 5.55. The van der Waals surface area contributed by atoms with Gasteiger partial charge in [0, 0.05) is 44.1 Å². The number of fused-ring (bicyclic) bond motifs is 1. The minimum Gasteiger partial charge on any atom is -0.370 e. The van der Waals surface area contributed by atoms with Crippen LogP contribution in [0.3, 0.4) is 0 Å². The van der Waals surface area contributed by atoms with Gasteiger partial charge in [-0.1, -0.05) is 25.7 Å². The van der Waals surface area contributed by atoms with Gasteiger partial charge in [0.15, 0.2) is 5.82 Å². The van der Waals surface area contributed by atoms with Gasteiger partial charge in [-0.3, -0.25) is 0 Å². The number of aromatic nitrogens is 2. The summed E-state index contributed by atoms with van der Waals surface area (Å²) in [4.78, 5) is 9.47. The third-order valence-corrected chi connectivity index (χ3v) is 4.52. The van der Waals surface area contributed by atoms with Crippen LogP contribution >= 0.6 is 0 Å². The van der Waals surface area contributed by atoms with Crippen LogP contribution in [0.5, 0.6) is 0 Å². The van der Waals surface area contributed by atoms with Crippen LogP contribution in [0.1, 0.15) is 55.6 Å². The zero-order valence-corrected chi connectivity index (χ0v) is 11.7. The topological polar surface area (TPSA) is 47.0 Å². The van der Waals surface area contributed by atoms with Crippen molar-refractivity contribution < 1.29 is 4.74 Å². The zero-order valence-electron chi connectivity index (χ0n) is 11.7. The Labute approximate surface area is 115 Å². The standard InChI is InChI=1S/C15H23N3O/c1-19-15(7-4-2-3-5-8-15)14-17-11-12-10-16-9-6-13(12)18-14/h11,16H,2-10H2,1H3. The molecular formula is C15H23N3O. The molecule has 104 valence electrons. The van der Waals surface area contributed by atoms with Crippen molar-refractivity contribution >= 4 is 0 Å². The highest BCUT2D eigenvalue weighted by Gasteiger charge is 2.36. The number of rotatable bonds is 2. The first-order chi connectivity index (χ1) is 9.34. The first kappa shape index (κ1) is 13.0. The number of nitrogens with one attached hydrogen (secondary N) is 1. The van der Waals surface area contributed by atoms with Crippen LogP contribution in [0.4, 0.5) is 0 Å². The number of methoxy groups -OCH3 is 1. The fraction of sp³-hybridized carbons (Fsp3) is 0.733. The second-order valence-electron chi connectivity index (χ2n) is 5.70. The van der Waals surface area contributed by atoms with Gasteiger partial charge in [-0.15, -0.1) is 0 Å². The number of nitrogens with zero attached hydrogens (tertiary/aromatic N) is 2. The van der Waals surface area contributed by atoms with Gasteiger partial charge in [-0.25, -0.2) is 9.97 Å². The number of hydrogen-bond acceptors (Lipinski definition) is 4. The summed E-state index contributed by atoms with van der Waals surface area (Å²) in [6.45, 7) is 1.92. The van der Waals surface area contributed by atoms with Gasteiger partial charge in [-0.05, 0) is 12.8 Å². The summed E-state index contributed by atoms with van der Waals surface area (Å²) >= 11 is 0. The lowest BCUT2D eigenvalue weighted by Gasteiger charge is -2.30. The van der Waals surface area contributed by atoms with E-state index in [0.717, 1.165) is 38.2 Å². The highest BCUT2D eigenvalue weighted by Crippen LogP contribution is 2.37. The third kappa shape index (κ3) is 2.51. The van der Waals surface area contributed by atoms with E-state index in [1.165, 1.54) is 36.9 Å². The third-order valence-electron chi connectivity index (χ3n) is 4.52. The monoisotopic (exact) mass is 261 g/mol. The van der Waals surface area contributed by atoms with Crippen molar-refractivity contribution in [3.8, 4) is 0 Å². The van der Waals surface area contributed by atoms with Crippen molar-refractivity contribution in [1.29, 1.82) is 0 Å². The normalized spacial score (nSPS) is 22.6. The van der Waals surface area contributed by atoms with E-state index in [2.05, 4.69) is 10.3 Å². The Morgan fingerprint density at radius 3 is 2.74 bits per heavy atom. The summed E-state index contributed by atoms with van der Waals surface area (Å²) in [5, 5.41) is 3.36. The molecule has 2 aliphatic rings. The minimum absolute atomic E-state index is 0.240. The summed E-state index contributed by atoms with van der Waals surface area (Å²) < 4.78 is 5.90. The molecule has 0 bridgehead atoms. The van der Waals surface area contributed by atoms with Crippen LogP contribution < -0.4 is 5.32 Å². The zero-order chi connectivity index (χ0) is 13.1. The molecule has 1 aromatic heterocycles. The van der Waals surface area contributed by atoms with Crippen molar-refractivity contribution in [2.45, 2.75) is 57.1 Å². The molecule has 1 N–H and O–H groups in total. The molecule has 1 aromatic rings. The van der Waals surface area contributed by atoms with E-state index in [9.17, 15) is 0 Å². The van der Waals surface area contributed by atoms with Crippen molar-refractivity contribution in [2.24, 2.45) is 0 Å². The summed E-state index contributed by atoms with van der Waals surface area (Å²) in [5.74, 6) is 0.914. The minimum atomic E-state index is -0.240. The van der Waals surface area contributed by atoms with Crippen LogP contribution in [0.15, 0.2) is 6.20 Å². The molecule has 0 radical (unpaired) electrons. The van der Waals surface area contributed by atoms with Gasteiger partial charge < -0.3 is 10.1 Å². The molecule has 0 atom stereocenters. The van der Waals surface area contributed by atoms with Gasteiger partial charge in [0.05, 0.1) is 0 Å². The van der Waals surface area contributed by atoms with E-state index in [-0.39, 0.29) is 5.60 Å². The summed E-state index contributed by atoms with van der Waals surface area (Å²) in [7, 11) is 1.82. The molecule has 0 spiro atoms. The molecular weight excluding hydrogens is 238 g/mol. The second-order valence-corrected chi connectivity index (χ2v) is 5.70. The Balaban J connectivity index is 1.94. The van der Waals surface area contributed by atoms with Crippen molar-refractivity contribution in [3.05, 3.63) is 23.3 Å². The molecule has 1 aliphatic carbocycles. The molecule has 19 heavy (non-hydrogen) atoms. The Hall–Kier alpha value is -1.00. The van der Waals surface area contributed by atoms with E-state index in [4.69, 9.17) is 9.72 Å². The van der Waals surface area contributed by atoms with Gasteiger partial charge in [-0.2, -0.15) is 0 Å². The molecule has 0 saturated heterocycles. The van der Waals surface area contributed by atoms with Crippen LogP contribution in [0.2, 0.25) is 0 Å². The summed E-state index contributed by atoms with van der Waals surface area (Å²) in [5.41, 5.74) is 2.22. The molecule has 1 saturated carbocycles. The molecule has 2 heterocycles. The molecule has 0 amide bonds. The predicted molar refractivity (Wildman–Crippen MR) is 73.8 cm³/mol. The average molecular weight is 261 g/mol. The van der Waals surface area contributed by atoms with Gasteiger partial charge in [0.2, 0.25) is 0 Å². The van der Waals surface area contributed by atoms with Crippen LogP contribution in [0, 0.1) is 0 Å². The largest absolute Gasteiger partial charge is 0.370 e. The van der Waals surface area contributed by atoms with E-state index < -0.39 is 0 Å².